The number of aliphatic hydroxyl groups excluding tert-OH is 1. The lowest BCUT2D eigenvalue weighted by Gasteiger charge is -2.08. The lowest BCUT2D eigenvalue weighted by atomic mass is 10.4. The molecule has 0 amide bonds. The van der Waals surface area contributed by atoms with E-state index in [2.05, 4.69) is 5.10 Å². The Morgan fingerprint density at radius 2 is 2.25 bits per heavy atom. The summed E-state index contributed by atoms with van der Waals surface area (Å²) in [4.78, 5) is 10.5. The predicted octanol–water partition coefficient (Wildman–Crippen LogP) is 1.77. The van der Waals surface area contributed by atoms with Crippen LogP contribution in [0.5, 0.6) is 0 Å². The molecule has 0 bridgehead atoms. The third-order valence-corrected chi connectivity index (χ3v) is 3.05. The molecule has 16 heavy (non-hydrogen) atoms. The Balaban J connectivity index is 3.20. The van der Waals surface area contributed by atoms with Crippen LogP contribution in [0.2, 0.25) is 0 Å². The second kappa shape index (κ2) is 5.31. The molecule has 1 aromatic heterocycles. The normalized spacial score (nSPS) is 11.1. The Morgan fingerprint density at radius 3 is 2.69 bits per heavy atom. The number of thioether (sulfide) groups is 1. The maximum atomic E-state index is 10.9. The molecule has 0 spiro atoms. The fourth-order valence-corrected chi connectivity index (χ4v) is 2.38. The van der Waals surface area contributed by atoms with Crippen LogP contribution in [-0.2, 0) is 0 Å². The van der Waals surface area contributed by atoms with Gasteiger partial charge in [0.05, 0.1) is 11.5 Å². The fraction of sp³-hybridized carbons (Fsp3) is 0.667. The lowest BCUT2D eigenvalue weighted by Crippen LogP contribution is -2.05. The van der Waals surface area contributed by atoms with Crippen molar-refractivity contribution in [1.82, 2.24) is 9.78 Å². The van der Waals surface area contributed by atoms with Crippen LogP contribution < -0.4 is 0 Å². The van der Waals surface area contributed by atoms with Crippen molar-refractivity contribution >= 4 is 17.4 Å². The van der Waals surface area contributed by atoms with Gasteiger partial charge in [-0.2, -0.15) is 5.10 Å². The molecule has 6 nitrogen and oxygen atoms in total. The molecule has 0 fully saturated rings. The van der Waals surface area contributed by atoms with Crippen molar-refractivity contribution in [2.75, 3.05) is 12.4 Å². The summed E-state index contributed by atoms with van der Waals surface area (Å²) in [6, 6.07) is 0.0635. The molecule has 1 rings (SSSR count). The maximum absolute atomic E-state index is 10.9. The standard InChI is InChI=1S/C9H15N3O3S/c1-6(2)11-9(16-5-4-13)8(12(14)15)7(3)10-11/h6,13H,4-5H2,1-3H3. The zero-order valence-corrected chi connectivity index (χ0v) is 10.3. The number of hydrogen-bond donors (Lipinski definition) is 1. The van der Waals surface area contributed by atoms with Gasteiger partial charge < -0.3 is 5.11 Å². The minimum absolute atomic E-state index is 0.00978. The minimum atomic E-state index is -0.416. The van der Waals surface area contributed by atoms with E-state index < -0.39 is 4.92 Å². The molecule has 0 unspecified atom stereocenters. The quantitative estimate of drug-likeness (QED) is 0.485. The Labute approximate surface area is 97.8 Å². The molecule has 7 heteroatoms. The highest BCUT2D eigenvalue weighted by atomic mass is 32.2. The number of nitro groups is 1. The van der Waals surface area contributed by atoms with Crippen LogP contribution in [0.15, 0.2) is 5.03 Å². The molecule has 1 heterocycles. The van der Waals surface area contributed by atoms with E-state index in [9.17, 15) is 10.1 Å². The highest BCUT2D eigenvalue weighted by molar-refractivity contribution is 7.99. The largest absolute Gasteiger partial charge is 0.396 e. The van der Waals surface area contributed by atoms with Crippen LogP contribution in [-0.4, -0.2) is 32.2 Å². The summed E-state index contributed by atoms with van der Waals surface area (Å²) in [5, 5.41) is 24.4. The monoisotopic (exact) mass is 245 g/mol. The van der Waals surface area contributed by atoms with Gasteiger partial charge in [0.15, 0.2) is 5.03 Å². The Hall–Kier alpha value is -1.08. The molecular weight excluding hydrogens is 230 g/mol. The summed E-state index contributed by atoms with van der Waals surface area (Å²) in [5.74, 6) is 0.429. The molecule has 90 valence electrons. The van der Waals surface area contributed by atoms with Crippen molar-refractivity contribution in [2.45, 2.75) is 31.8 Å². The smallest absolute Gasteiger partial charge is 0.323 e. The van der Waals surface area contributed by atoms with Crippen molar-refractivity contribution in [3.05, 3.63) is 15.8 Å². The second-order valence-electron chi connectivity index (χ2n) is 3.61. The van der Waals surface area contributed by atoms with Gasteiger partial charge in [-0.05, 0) is 20.8 Å². The first-order valence-electron chi connectivity index (χ1n) is 4.96. The van der Waals surface area contributed by atoms with E-state index >= 15 is 0 Å². The summed E-state index contributed by atoms with van der Waals surface area (Å²) >= 11 is 1.26. The van der Waals surface area contributed by atoms with Gasteiger partial charge >= 0.3 is 5.69 Å². The van der Waals surface area contributed by atoms with Gasteiger partial charge in [-0.1, -0.05) is 11.8 Å². The zero-order chi connectivity index (χ0) is 12.3. The van der Waals surface area contributed by atoms with E-state index in [0.29, 0.717) is 16.5 Å². The van der Waals surface area contributed by atoms with Gasteiger partial charge in [0.1, 0.15) is 5.69 Å². The van der Waals surface area contributed by atoms with Crippen molar-refractivity contribution in [3.63, 3.8) is 0 Å². The molecule has 0 radical (unpaired) electrons. The Morgan fingerprint density at radius 1 is 1.62 bits per heavy atom. The van der Waals surface area contributed by atoms with Gasteiger partial charge in [0.2, 0.25) is 0 Å². The van der Waals surface area contributed by atoms with Crippen LogP contribution in [0.25, 0.3) is 0 Å². The number of nitrogens with zero attached hydrogens (tertiary/aromatic N) is 3. The van der Waals surface area contributed by atoms with Crippen molar-refractivity contribution in [2.24, 2.45) is 0 Å². The fourth-order valence-electron chi connectivity index (χ4n) is 1.35. The van der Waals surface area contributed by atoms with E-state index in [-0.39, 0.29) is 18.3 Å². The molecule has 0 aliphatic carbocycles. The van der Waals surface area contributed by atoms with Gasteiger partial charge in [-0.15, -0.1) is 0 Å². The van der Waals surface area contributed by atoms with Crippen LogP contribution in [0.3, 0.4) is 0 Å². The molecule has 0 saturated heterocycles. The van der Waals surface area contributed by atoms with Crippen LogP contribution in [0.1, 0.15) is 25.6 Å². The van der Waals surface area contributed by atoms with Gasteiger partial charge in [-0.3, -0.25) is 10.1 Å². The maximum Gasteiger partial charge on any atom is 0.323 e. The lowest BCUT2D eigenvalue weighted by molar-refractivity contribution is -0.388. The molecule has 0 aliphatic rings. The summed E-state index contributed by atoms with van der Waals surface area (Å²) in [6.07, 6.45) is 0. The van der Waals surface area contributed by atoms with Crippen molar-refractivity contribution < 1.29 is 10.0 Å². The summed E-state index contributed by atoms with van der Waals surface area (Å²) in [5.41, 5.74) is 0.464. The van der Waals surface area contributed by atoms with E-state index in [0.717, 1.165) is 0 Å². The van der Waals surface area contributed by atoms with Crippen molar-refractivity contribution in [1.29, 1.82) is 0 Å². The predicted molar refractivity (Wildman–Crippen MR) is 61.8 cm³/mol. The third-order valence-electron chi connectivity index (χ3n) is 2.01. The number of aryl methyl sites for hydroxylation is 1. The molecule has 0 saturated carbocycles. The third kappa shape index (κ3) is 2.53. The first kappa shape index (κ1) is 13.0. The van der Waals surface area contributed by atoms with Crippen LogP contribution in [0, 0.1) is 17.0 Å². The van der Waals surface area contributed by atoms with Gasteiger partial charge in [-0.25, -0.2) is 4.68 Å². The number of rotatable bonds is 5. The van der Waals surface area contributed by atoms with Crippen LogP contribution >= 0.6 is 11.8 Å². The summed E-state index contributed by atoms with van der Waals surface area (Å²) in [6.45, 7) is 5.45. The Kier molecular flexibility index (Phi) is 4.31. The average Bonchev–Trinajstić information content (AvgIpc) is 2.52. The number of hydrogen-bond acceptors (Lipinski definition) is 5. The highest BCUT2D eigenvalue weighted by Gasteiger charge is 2.26. The average molecular weight is 245 g/mol. The first-order valence-corrected chi connectivity index (χ1v) is 5.94. The van der Waals surface area contributed by atoms with E-state index in [1.165, 1.54) is 11.8 Å². The van der Waals surface area contributed by atoms with E-state index in [1.54, 1.807) is 11.6 Å². The molecular formula is C9H15N3O3S. The summed E-state index contributed by atoms with van der Waals surface area (Å²) < 4.78 is 1.63. The summed E-state index contributed by atoms with van der Waals surface area (Å²) in [7, 11) is 0. The molecule has 0 aromatic carbocycles. The van der Waals surface area contributed by atoms with E-state index in [4.69, 9.17) is 5.11 Å². The number of aromatic nitrogens is 2. The SMILES string of the molecule is Cc1nn(C(C)C)c(SCCO)c1[N+](=O)[O-]. The minimum Gasteiger partial charge on any atom is -0.396 e. The second-order valence-corrected chi connectivity index (χ2v) is 4.69. The topological polar surface area (TPSA) is 81.2 Å². The molecule has 0 aliphatic heterocycles. The molecule has 1 aromatic rings. The van der Waals surface area contributed by atoms with E-state index in [1.807, 2.05) is 13.8 Å². The van der Waals surface area contributed by atoms with Gasteiger partial charge in [0.25, 0.3) is 0 Å². The van der Waals surface area contributed by atoms with Crippen molar-refractivity contribution in [3.8, 4) is 0 Å². The molecule has 1 N–H and O–H groups in total. The number of aliphatic hydroxyl groups is 1. The van der Waals surface area contributed by atoms with Crippen LogP contribution in [0.4, 0.5) is 5.69 Å². The highest BCUT2D eigenvalue weighted by Crippen LogP contribution is 2.33. The first-order chi connectivity index (χ1) is 7.49. The zero-order valence-electron chi connectivity index (χ0n) is 9.51. The van der Waals surface area contributed by atoms with Gasteiger partial charge in [0, 0.05) is 11.8 Å². The molecule has 0 atom stereocenters. The Bertz CT molecular complexity index is 390.